The smallest absolute Gasteiger partial charge is 0.230 e. The summed E-state index contributed by atoms with van der Waals surface area (Å²) in [5.74, 6) is -2.21. The summed E-state index contributed by atoms with van der Waals surface area (Å²) in [6, 6.07) is 8.34. The van der Waals surface area contributed by atoms with Gasteiger partial charge in [-0.15, -0.1) is 0 Å². The van der Waals surface area contributed by atoms with E-state index in [0.29, 0.717) is 11.3 Å². The Morgan fingerprint density at radius 2 is 1.89 bits per heavy atom. The van der Waals surface area contributed by atoms with Crippen LogP contribution in [0.2, 0.25) is 0 Å². The monoisotopic (exact) mass is 407 g/mol. The van der Waals surface area contributed by atoms with Gasteiger partial charge in [-0.2, -0.15) is 4.98 Å². The molecular formula is C17H15F2N5O3S. The molecule has 0 aliphatic rings. The number of hydrogen-bond acceptors (Lipinski definition) is 7. The highest BCUT2D eigenvalue weighted by atomic mass is 32.2. The van der Waals surface area contributed by atoms with Gasteiger partial charge >= 0.3 is 0 Å². The predicted molar refractivity (Wildman–Crippen MR) is 98.3 cm³/mol. The molecule has 0 spiro atoms. The number of halogens is 2. The van der Waals surface area contributed by atoms with Crippen LogP contribution in [-0.2, 0) is 15.8 Å². The Morgan fingerprint density at radius 3 is 2.61 bits per heavy atom. The van der Waals surface area contributed by atoms with Crippen LogP contribution >= 0.6 is 0 Å². The number of hydrogen-bond donors (Lipinski definition) is 2. The number of nitrogens with two attached hydrogens (primary N) is 1. The van der Waals surface area contributed by atoms with Crippen LogP contribution in [0.3, 0.4) is 0 Å². The van der Waals surface area contributed by atoms with Crippen molar-refractivity contribution >= 4 is 21.7 Å². The van der Waals surface area contributed by atoms with E-state index in [2.05, 4.69) is 20.3 Å². The minimum atomic E-state index is -3.67. The molecule has 2 aromatic carbocycles. The van der Waals surface area contributed by atoms with Gasteiger partial charge in [-0.05, 0) is 23.8 Å². The van der Waals surface area contributed by atoms with E-state index < -0.39 is 21.7 Å². The molecule has 1 heterocycles. The van der Waals surface area contributed by atoms with E-state index in [9.17, 15) is 17.2 Å². The highest BCUT2D eigenvalue weighted by Gasteiger charge is 2.15. The lowest BCUT2D eigenvalue weighted by molar-refractivity contribution is 0.408. The van der Waals surface area contributed by atoms with Crippen LogP contribution in [0.5, 0.6) is 5.75 Å². The second-order valence-electron chi connectivity index (χ2n) is 5.73. The maximum atomic E-state index is 13.6. The van der Waals surface area contributed by atoms with Crippen LogP contribution in [0.15, 0.2) is 42.7 Å². The molecule has 0 aliphatic heterocycles. The first kappa shape index (κ1) is 19.6. The summed E-state index contributed by atoms with van der Waals surface area (Å²) in [7, 11) is -2.36. The van der Waals surface area contributed by atoms with Gasteiger partial charge in [-0.3, -0.25) is 0 Å². The van der Waals surface area contributed by atoms with Crippen LogP contribution in [0, 0.1) is 11.6 Å². The minimum Gasteiger partial charge on any atom is -0.496 e. The van der Waals surface area contributed by atoms with Gasteiger partial charge in [0, 0.05) is 11.8 Å². The third kappa shape index (κ3) is 4.75. The summed E-state index contributed by atoms with van der Waals surface area (Å²) in [6.07, 6.45) is 1.19. The summed E-state index contributed by atoms with van der Waals surface area (Å²) in [5, 5.41) is 7.95. The highest BCUT2D eigenvalue weighted by molar-refractivity contribution is 7.88. The van der Waals surface area contributed by atoms with Crippen molar-refractivity contribution in [1.29, 1.82) is 0 Å². The van der Waals surface area contributed by atoms with E-state index in [1.54, 1.807) is 24.3 Å². The lowest BCUT2D eigenvalue weighted by atomic mass is 10.1. The predicted octanol–water partition coefficient (Wildman–Crippen LogP) is 2.36. The average molecular weight is 407 g/mol. The van der Waals surface area contributed by atoms with E-state index in [1.807, 2.05) is 0 Å². The Labute approximate surface area is 159 Å². The van der Waals surface area contributed by atoms with E-state index in [4.69, 9.17) is 9.88 Å². The van der Waals surface area contributed by atoms with Gasteiger partial charge in [-0.25, -0.2) is 32.3 Å². The fraction of sp³-hybridized carbons (Fsp3) is 0.118. The van der Waals surface area contributed by atoms with Gasteiger partial charge < -0.3 is 10.1 Å². The molecule has 0 bridgehead atoms. The second kappa shape index (κ2) is 7.82. The molecule has 0 fully saturated rings. The van der Waals surface area contributed by atoms with Crippen molar-refractivity contribution < 1.29 is 21.9 Å². The molecule has 11 heteroatoms. The van der Waals surface area contributed by atoms with E-state index in [0.717, 1.165) is 12.1 Å². The fourth-order valence-electron chi connectivity index (χ4n) is 2.46. The third-order valence-electron chi connectivity index (χ3n) is 3.61. The van der Waals surface area contributed by atoms with Crippen LogP contribution in [-0.4, -0.2) is 30.5 Å². The zero-order valence-electron chi connectivity index (χ0n) is 14.6. The van der Waals surface area contributed by atoms with E-state index in [1.165, 1.54) is 13.4 Å². The number of nitrogens with zero attached hydrogens (tertiary/aromatic N) is 3. The lowest BCUT2D eigenvalue weighted by Crippen LogP contribution is -2.14. The van der Waals surface area contributed by atoms with Crippen LogP contribution < -0.4 is 15.2 Å². The Bertz CT molecular complexity index is 1130. The molecule has 28 heavy (non-hydrogen) atoms. The second-order valence-corrected chi connectivity index (χ2v) is 7.35. The summed E-state index contributed by atoms with van der Waals surface area (Å²) >= 11 is 0. The molecule has 0 saturated carbocycles. The number of nitrogens with one attached hydrogen (secondary N) is 1. The van der Waals surface area contributed by atoms with E-state index >= 15 is 0 Å². The van der Waals surface area contributed by atoms with Crippen molar-refractivity contribution in [3.8, 4) is 17.1 Å². The molecule has 8 nitrogen and oxygen atoms in total. The molecule has 0 saturated heterocycles. The fourth-order valence-corrected chi connectivity index (χ4v) is 3.10. The summed E-state index contributed by atoms with van der Waals surface area (Å²) in [6.45, 7) is 0. The largest absolute Gasteiger partial charge is 0.496 e. The van der Waals surface area contributed by atoms with Crippen molar-refractivity contribution in [3.63, 3.8) is 0 Å². The normalized spacial score (nSPS) is 11.3. The van der Waals surface area contributed by atoms with Crippen molar-refractivity contribution in [2.24, 2.45) is 5.14 Å². The van der Waals surface area contributed by atoms with Crippen molar-refractivity contribution in [3.05, 3.63) is 59.9 Å². The zero-order valence-corrected chi connectivity index (χ0v) is 15.4. The molecule has 0 radical (unpaired) electrons. The number of rotatable bonds is 6. The number of ether oxygens (including phenoxy) is 1. The number of sulfonamides is 1. The molecule has 1 aromatic heterocycles. The zero-order chi connectivity index (χ0) is 20.3. The summed E-state index contributed by atoms with van der Waals surface area (Å²) in [5.41, 5.74) is 1.13. The molecule has 0 atom stereocenters. The lowest BCUT2D eigenvalue weighted by Gasteiger charge is -2.10. The molecule has 0 unspecified atom stereocenters. The molecular weight excluding hydrogens is 392 g/mol. The first-order valence-corrected chi connectivity index (χ1v) is 9.55. The quantitative estimate of drug-likeness (QED) is 0.643. The first-order chi connectivity index (χ1) is 13.2. The topological polar surface area (TPSA) is 120 Å². The van der Waals surface area contributed by atoms with Gasteiger partial charge in [0.15, 0.2) is 17.5 Å². The van der Waals surface area contributed by atoms with Gasteiger partial charge in [0.2, 0.25) is 16.0 Å². The molecule has 0 aliphatic carbocycles. The van der Waals surface area contributed by atoms with Crippen molar-refractivity contribution in [1.82, 2.24) is 15.0 Å². The first-order valence-electron chi connectivity index (χ1n) is 7.84. The Kier molecular flexibility index (Phi) is 5.47. The third-order valence-corrected chi connectivity index (χ3v) is 4.34. The summed E-state index contributed by atoms with van der Waals surface area (Å²) < 4.78 is 54.6. The van der Waals surface area contributed by atoms with Crippen LogP contribution in [0.4, 0.5) is 20.4 Å². The Balaban J connectivity index is 1.91. The van der Waals surface area contributed by atoms with Crippen molar-refractivity contribution in [2.75, 3.05) is 12.4 Å². The Hall–Kier alpha value is -3.18. The SMILES string of the molecule is COc1cc(F)c(F)cc1-c1ncnc(Nc2cccc(CS(N)(=O)=O)c2)n1. The average Bonchev–Trinajstić information content (AvgIpc) is 2.62. The maximum Gasteiger partial charge on any atom is 0.230 e. The van der Waals surface area contributed by atoms with E-state index in [-0.39, 0.29) is 28.8 Å². The molecule has 3 aromatic rings. The van der Waals surface area contributed by atoms with Crippen molar-refractivity contribution in [2.45, 2.75) is 5.75 Å². The summed E-state index contributed by atoms with van der Waals surface area (Å²) in [4.78, 5) is 12.1. The Morgan fingerprint density at radius 1 is 1.14 bits per heavy atom. The van der Waals surface area contributed by atoms with Crippen LogP contribution in [0.1, 0.15) is 5.56 Å². The minimum absolute atomic E-state index is 0.0613. The number of anilines is 2. The molecule has 146 valence electrons. The van der Waals surface area contributed by atoms with Crippen LogP contribution in [0.25, 0.3) is 11.4 Å². The van der Waals surface area contributed by atoms with Gasteiger partial charge in [0.1, 0.15) is 12.1 Å². The number of aromatic nitrogens is 3. The highest BCUT2D eigenvalue weighted by Crippen LogP contribution is 2.30. The molecule has 0 amide bonds. The number of primary sulfonamides is 1. The standard InChI is InChI=1S/C17H15F2N5O3S/c1-27-15-7-14(19)13(18)6-12(15)16-21-9-22-17(24-16)23-11-4-2-3-10(5-11)8-28(20,25)26/h2-7,9H,8H2,1H3,(H2,20,25,26)(H,21,22,23,24). The maximum absolute atomic E-state index is 13.6. The molecule has 3 N–H and O–H groups in total. The van der Waals surface area contributed by atoms with Gasteiger partial charge in [-0.1, -0.05) is 12.1 Å². The van der Waals surface area contributed by atoms with Gasteiger partial charge in [0.05, 0.1) is 18.4 Å². The molecule has 3 rings (SSSR count). The van der Waals surface area contributed by atoms with Gasteiger partial charge in [0.25, 0.3) is 0 Å². The number of methoxy groups -OCH3 is 1. The number of benzene rings is 2.